The topological polar surface area (TPSA) is 91.6 Å². The van der Waals surface area contributed by atoms with Crippen molar-refractivity contribution in [2.45, 2.75) is 51.2 Å². The van der Waals surface area contributed by atoms with Crippen LogP contribution < -0.4 is 10.9 Å². The monoisotopic (exact) mass is 449 g/mol. The highest BCUT2D eigenvalue weighted by Crippen LogP contribution is 2.50. The van der Waals surface area contributed by atoms with E-state index < -0.39 is 12.0 Å². The maximum absolute atomic E-state index is 13.7. The lowest BCUT2D eigenvalue weighted by atomic mass is 9.88. The number of aliphatic hydroxyl groups is 1. The number of nitrogens with zero attached hydrogens (tertiary/aromatic N) is 2. The molecule has 1 aromatic heterocycles. The molecule has 7 nitrogen and oxygen atoms in total. The van der Waals surface area contributed by atoms with E-state index >= 15 is 0 Å². The van der Waals surface area contributed by atoms with E-state index in [4.69, 9.17) is 0 Å². The van der Waals surface area contributed by atoms with Gasteiger partial charge in [-0.1, -0.05) is 43.2 Å². The molecule has 0 radical (unpaired) electrons. The van der Waals surface area contributed by atoms with E-state index in [9.17, 15) is 19.5 Å². The molecule has 0 spiro atoms. The summed E-state index contributed by atoms with van der Waals surface area (Å²) in [5.74, 6) is -0.905. The lowest BCUT2D eigenvalue weighted by Crippen LogP contribution is -2.51. The summed E-state index contributed by atoms with van der Waals surface area (Å²) in [5.41, 5.74) is 2.15. The Bertz CT molecular complexity index is 1110. The highest BCUT2D eigenvalue weighted by molar-refractivity contribution is 5.90. The number of aliphatic hydroxyl groups excluding tert-OH is 1. The molecule has 5 rings (SSSR count). The van der Waals surface area contributed by atoms with Gasteiger partial charge in [-0.2, -0.15) is 0 Å². The van der Waals surface area contributed by atoms with Gasteiger partial charge in [0.05, 0.1) is 6.04 Å². The third-order valence-corrected chi connectivity index (χ3v) is 7.74. The van der Waals surface area contributed by atoms with Gasteiger partial charge in [-0.15, -0.1) is 0 Å². The predicted molar refractivity (Wildman–Crippen MR) is 124 cm³/mol. The molecular weight excluding hydrogens is 418 g/mol. The van der Waals surface area contributed by atoms with Crippen molar-refractivity contribution in [2.24, 2.45) is 17.8 Å². The molecule has 1 aromatic carbocycles. The first-order chi connectivity index (χ1) is 16.1. The van der Waals surface area contributed by atoms with Crippen LogP contribution in [0.15, 0.2) is 47.3 Å². The van der Waals surface area contributed by atoms with Crippen molar-refractivity contribution in [1.82, 2.24) is 14.8 Å². The summed E-state index contributed by atoms with van der Waals surface area (Å²) in [7, 11) is 0. The van der Waals surface area contributed by atoms with Crippen LogP contribution in [0.1, 0.15) is 44.3 Å². The Morgan fingerprint density at radius 1 is 1.09 bits per heavy atom. The van der Waals surface area contributed by atoms with Crippen LogP contribution in [0.4, 0.5) is 0 Å². The molecule has 0 unspecified atom stereocenters. The van der Waals surface area contributed by atoms with Gasteiger partial charge in [0, 0.05) is 48.7 Å². The largest absolute Gasteiger partial charge is 0.396 e. The minimum Gasteiger partial charge on any atom is -0.396 e. The van der Waals surface area contributed by atoms with Gasteiger partial charge in [0.25, 0.3) is 5.56 Å². The number of pyridine rings is 1. The first kappa shape index (κ1) is 21.9. The van der Waals surface area contributed by atoms with Crippen LogP contribution in [0.2, 0.25) is 0 Å². The fourth-order valence-corrected chi connectivity index (χ4v) is 6.23. The number of benzene rings is 1. The molecule has 4 atom stereocenters. The zero-order chi connectivity index (χ0) is 23.1. The molecule has 2 aliphatic heterocycles. The Kier molecular flexibility index (Phi) is 5.83. The van der Waals surface area contributed by atoms with Gasteiger partial charge < -0.3 is 19.9 Å². The number of likely N-dealkylation sites (tertiary alicyclic amines) is 1. The van der Waals surface area contributed by atoms with Crippen LogP contribution in [-0.4, -0.2) is 45.6 Å². The molecule has 2 N–H and O–H groups in total. The van der Waals surface area contributed by atoms with Gasteiger partial charge in [0.2, 0.25) is 11.8 Å². The van der Waals surface area contributed by atoms with E-state index in [0.29, 0.717) is 18.7 Å². The zero-order valence-corrected chi connectivity index (χ0v) is 18.9. The molecule has 174 valence electrons. The number of nitrogens with one attached hydrogen (secondary N) is 1. The third kappa shape index (κ3) is 3.50. The van der Waals surface area contributed by atoms with Crippen LogP contribution in [-0.2, 0) is 16.1 Å². The molecule has 7 heteroatoms. The molecule has 33 heavy (non-hydrogen) atoms. The second-order valence-electron chi connectivity index (χ2n) is 9.48. The number of rotatable bonds is 5. The summed E-state index contributed by atoms with van der Waals surface area (Å²) in [6, 6.07) is 12.2. The lowest BCUT2D eigenvalue weighted by molar-refractivity contribution is -0.144. The number of amides is 2. The summed E-state index contributed by atoms with van der Waals surface area (Å²) in [6.45, 7) is 2.51. The van der Waals surface area contributed by atoms with Gasteiger partial charge in [-0.25, -0.2) is 0 Å². The minimum absolute atomic E-state index is 0.0114. The molecule has 2 aromatic rings. The molecule has 3 heterocycles. The summed E-state index contributed by atoms with van der Waals surface area (Å²) < 4.78 is 1.75. The first-order valence-electron chi connectivity index (χ1n) is 12.1. The van der Waals surface area contributed by atoms with Crippen LogP contribution in [0.3, 0.4) is 0 Å². The van der Waals surface area contributed by atoms with Crippen LogP contribution >= 0.6 is 0 Å². The van der Waals surface area contributed by atoms with Crippen molar-refractivity contribution < 1.29 is 14.7 Å². The fraction of sp³-hybridized carbons (Fsp3) is 0.500. The standard InChI is InChI=1S/C26H31N3O4/c1-2-27-24(31)23-20(15-30)19-14-28-21(22(19)29(23)25(32)17-10-6-7-11-17)13-12-18(26(28)33)16-8-4-3-5-9-16/h3-5,8-9,12-13,17,19-20,22-23,30H,2,6-7,10-11,14-15H2,1H3,(H,27,31)/t19-,20-,22+,23-/m0/s1. The Morgan fingerprint density at radius 2 is 1.82 bits per heavy atom. The van der Waals surface area contributed by atoms with Crippen molar-refractivity contribution in [3.8, 4) is 11.1 Å². The summed E-state index contributed by atoms with van der Waals surface area (Å²) in [5, 5.41) is 13.2. The number of hydrogen-bond donors (Lipinski definition) is 2. The van der Waals surface area contributed by atoms with Gasteiger partial charge in [0.15, 0.2) is 0 Å². The molecule has 2 fully saturated rings. The van der Waals surface area contributed by atoms with E-state index in [1.54, 1.807) is 9.47 Å². The van der Waals surface area contributed by atoms with Crippen LogP contribution in [0.25, 0.3) is 11.1 Å². The van der Waals surface area contributed by atoms with E-state index in [0.717, 1.165) is 36.9 Å². The average Bonchev–Trinajstić information content (AvgIpc) is 3.55. The van der Waals surface area contributed by atoms with Gasteiger partial charge in [-0.3, -0.25) is 14.4 Å². The Labute approximate surface area is 193 Å². The highest BCUT2D eigenvalue weighted by atomic mass is 16.3. The van der Waals surface area contributed by atoms with E-state index in [1.165, 1.54) is 0 Å². The van der Waals surface area contributed by atoms with Crippen molar-refractivity contribution in [2.75, 3.05) is 13.2 Å². The highest BCUT2D eigenvalue weighted by Gasteiger charge is 2.58. The van der Waals surface area contributed by atoms with Crippen molar-refractivity contribution in [1.29, 1.82) is 0 Å². The Hall–Kier alpha value is -2.93. The number of carbonyl (C=O) groups is 2. The number of carbonyl (C=O) groups excluding carboxylic acids is 2. The molecular formula is C26H31N3O4. The maximum atomic E-state index is 13.7. The summed E-state index contributed by atoms with van der Waals surface area (Å²) in [4.78, 5) is 42.0. The fourth-order valence-electron chi connectivity index (χ4n) is 6.23. The van der Waals surface area contributed by atoms with Crippen LogP contribution in [0, 0.1) is 17.8 Å². The van der Waals surface area contributed by atoms with E-state index in [-0.39, 0.29) is 41.9 Å². The average molecular weight is 450 g/mol. The van der Waals surface area contributed by atoms with E-state index in [2.05, 4.69) is 5.32 Å². The Balaban J connectivity index is 1.60. The zero-order valence-electron chi connectivity index (χ0n) is 18.9. The lowest BCUT2D eigenvalue weighted by Gasteiger charge is -2.33. The molecule has 2 amide bonds. The molecule has 3 aliphatic rings. The number of hydrogen-bond acceptors (Lipinski definition) is 4. The maximum Gasteiger partial charge on any atom is 0.258 e. The summed E-state index contributed by atoms with van der Waals surface area (Å²) >= 11 is 0. The van der Waals surface area contributed by atoms with E-state index in [1.807, 2.05) is 49.4 Å². The summed E-state index contributed by atoms with van der Waals surface area (Å²) in [6.07, 6.45) is 3.70. The quantitative estimate of drug-likeness (QED) is 0.733. The van der Waals surface area contributed by atoms with Crippen molar-refractivity contribution in [3.63, 3.8) is 0 Å². The van der Waals surface area contributed by atoms with Crippen LogP contribution in [0.5, 0.6) is 0 Å². The van der Waals surface area contributed by atoms with Gasteiger partial charge in [-0.05, 0) is 37.5 Å². The molecule has 1 saturated heterocycles. The van der Waals surface area contributed by atoms with Crippen molar-refractivity contribution >= 4 is 11.8 Å². The molecule has 0 bridgehead atoms. The predicted octanol–water partition coefficient (Wildman–Crippen LogP) is 2.33. The van der Waals surface area contributed by atoms with Gasteiger partial charge in [0.1, 0.15) is 6.04 Å². The smallest absolute Gasteiger partial charge is 0.258 e. The number of aromatic nitrogens is 1. The third-order valence-electron chi connectivity index (χ3n) is 7.74. The number of fused-ring (bicyclic) bond motifs is 3. The normalized spacial score (nSPS) is 26.3. The first-order valence-corrected chi connectivity index (χ1v) is 12.1. The second-order valence-corrected chi connectivity index (χ2v) is 9.48. The second kappa shape index (κ2) is 8.78. The molecule has 1 aliphatic carbocycles. The Morgan fingerprint density at radius 3 is 2.48 bits per heavy atom. The van der Waals surface area contributed by atoms with Gasteiger partial charge >= 0.3 is 0 Å². The number of likely N-dealkylation sites (N-methyl/N-ethyl adjacent to an activating group) is 1. The van der Waals surface area contributed by atoms with Crippen molar-refractivity contribution in [3.05, 3.63) is 58.5 Å². The SMILES string of the molecule is CCNC(=O)[C@@H]1[C@@H](CO)[C@@H]2Cn3c(ccc(-c4ccccc4)c3=O)[C@@H]2N1C(=O)C1CCCC1. The minimum atomic E-state index is -0.712. The molecule has 1 saturated carbocycles.